The standard InChI is InChI=1S/C21H23F4N3O3/c22-16-15(10-14(26)11-29)17(23)19(25)20(18(16)24)27-6-8-28(9-7-27)21(30)31-12-13-4-2-1-3-5-13/h1-5,14,29H,6-12,26H2/t14-/m1/s1. The van der Waals surface area contributed by atoms with Crippen LogP contribution < -0.4 is 10.6 Å². The Hall–Kier alpha value is -2.85. The largest absolute Gasteiger partial charge is 0.445 e. The van der Waals surface area contributed by atoms with Gasteiger partial charge in [-0.15, -0.1) is 0 Å². The van der Waals surface area contributed by atoms with Crippen molar-refractivity contribution in [1.82, 2.24) is 4.90 Å². The van der Waals surface area contributed by atoms with Crippen LogP contribution in [0.25, 0.3) is 0 Å². The highest BCUT2D eigenvalue weighted by Gasteiger charge is 2.32. The van der Waals surface area contributed by atoms with Crippen LogP contribution in [0.2, 0.25) is 0 Å². The predicted octanol–water partition coefficient (Wildman–Crippen LogP) is 2.56. The van der Waals surface area contributed by atoms with Crippen LogP contribution in [-0.2, 0) is 17.8 Å². The number of hydrogen-bond acceptors (Lipinski definition) is 5. The van der Waals surface area contributed by atoms with E-state index in [0.29, 0.717) is 0 Å². The van der Waals surface area contributed by atoms with Crippen LogP contribution >= 0.6 is 0 Å². The van der Waals surface area contributed by atoms with Crippen LogP contribution in [0.5, 0.6) is 0 Å². The Labute approximate surface area is 176 Å². The van der Waals surface area contributed by atoms with E-state index in [1.165, 1.54) is 4.90 Å². The molecule has 2 aromatic rings. The average molecular weight is 441 g/mol. The number of aliphatic hydroxyl groups is 1. The quantitative estimate of drug-likeness (QED) is 0.532. The molecule has 1 atom stereocenters. The van der Waals surface area contributed by atoms with Gasteiger partial charge in [0.05, 0.1) is 6.61 Å². The molecule has 0 unspecified atom stereocenters. The summed E-state index contributed by atoms with van der Waals surface area (Å²) in [6, 6.07) is 8.01. The molecule has 3 N–H and O–H groups in total. The number of amides is 1. The van der Waals surface area contributed by atoms with Gasteiger partial charge in [0.2, 0.25) is 0 Å². The number of nitrogens with zero attached hydrogens (tertiary/aromatic N) is 2. The van der Waals surface area contributed by atoms with Crippen LogP contribution in [0.1, 0.15) is 11.1 Å². The molecule has 0 aliphatic carbocycles. The summed E-state index contributed by atoms with van der Waals surface area (Å²) in [4.78, 5) is 14.7. The van der Waals surface area contributed by atoms with Gasteiger partial charge in [-0.3, -0.25) is 0 Å². The maximum atomic E-state index is 14.6. The number of rotatable bonds is 6. The summed E-state index contributed by atoms with van der Waals surface area (Å²) in [6.45, 7) is -0.464. The number of hydrogen-bond donors (Lipinski definition) is 2. The highest BCUT2D eigenvalue weighted by atomic mass is 19.2. The van der Waals surface area contributed by atoms with Crippen molar-refractivity contribution in [3.05, 3.63) is 64.7 Å². The van der Waals surface area contributed by atoms with Gasteiger partial charge in [-0.25, -0.2) is 22.4 Å². The van der Waals surface area contributed by atoms with E-state index in [0.717, 1.165) is 10.5 Å². The van der Waals surface area contributed by atoms with Crippen molar-refractivity contribution in [3.8, 4) is 0 Å². The Morgan fingerprint density at radius 2 is 1.58 bits per heavy atom. The maximum Gasteiger partial charge on any atom is 0.410 e. The van der Waals surface area contributed by atoms with Crippen LogP contribution in [0.15, 0.2) is 30.3 Å². The van der Waals surface area contributed by atoms with E-state index in [1.807, 2.05) is 18.2 Å². The summed E-state index contributed by atoms with van der Waals surface area (Å²) in [5.74, 6) is -6.14. The summed E-state index contributed by atoms with van der Waals surface area (Å²) in [6.07, 6.45) is -1.14. The number of nitrogens with two attached hydrogens (primary N) is 1. The molecule has 0 spiro atoms. The van der Waals surface area contributed by atoms with Gasteiger partial charge in [-0.05, 0) is 12.0 Å². The summed E-state index contributed by atoms with van der Waals surface area (Å²) < 4.78 is 63.2. The van der Waals surface area contributed by atoms with E-state index in [1.54, 1.807) is 12.1 Å². The predicted molar refractivity (Wildman–Crippen MR) is 105 cm³/mol. The summed E-state index contributed by atoms with van der Waals surface area (Å²) in [5.41, 5.74) is 4.58. The SMILES string of the molecule is N[C@@H](CO)Cc1c(F)c(F)c(N2CCN(C(=O)OCc3ccccc3)CC2)c(F)c1F. The van der Waals surface area contributed by atoms with E-state index in [4.69, 9.17) is 15.6 Å². The van der Waals surface area contributed by atoms with Crippen molar-refractivity contribution in [2.45, 2.75) is 19.1 Å². The van der Waals surface area contributed by atoms with Crippen LogP contribution in [0.3, 0.4) is 0 Å². The lowest BCUT2D eigenvalue weighted by atomic mass is 10.0. The molecule has 2 aromatic carbocycles. The number of carbonyl (C=O) groups is 1. The number of aliphatic hydroxyl groups excluding tert-OH is 1. The second kappa shape index (κ2) is 9.97. The first-order chi connectivity index (χ1) is 14.8. The summed E-state index contributed by atoms with van der Waals surface area (Å²) >= 11 is 0. The van der Waals surface area contributed by atoms with Gasteiger partial charge in [0.15, 0.2) is 23.3 Å². The van der Waals surface area contributed by atoms with Gasteiger partial charge in [0.1, 0.15) is 12.3 Å². The summed E-state index contributed by atoms with van der Waals surface area (Å²) in [5, 5.41) is 8.94. The molecular formula is C21H23F4N3O3. The van der Waals surface area contributed by atoms with Crippen LogP contribution in [0, 0.1) is 23.3 Å². The fourth-order valence-electron chi connectivity index (χ4n) is 3.37. The van der Waals surface area contributed by atoms with Crippen molar-refractivity contribution in [2.24, 2.45) is 5.73 Å². The number of halogens is 4. The van der Waals surface area contributed by atoms with Crippen molar-refractivity contribution >= 4 is 11.8 Å². The highest BCUT2D eigenvalue weighted by molar-refractivity contribution is 5.68. The molecule has 0 aromatic heterocycles. The lowest BCUT2D eigenvalue weighted by Gasteiger charge is -2.36. The highest BCUT2D eigenvalue weighted by Crippen LogP contribution is 2.32. The molecule has 1 heterocycles. The third-order valence-electron chi connectivity index (χ3n) is 5.09. The molecule has 1 fully saturated rings. The van der Waals surface area contributed by atoms with Crippen molar-refractivity contribution in [2.75, 3.05) is 37.7 Å². The van der Waals surface area contributed by atoms with Crippen LogP contribution in [0.4, 0.5) is 28.0 Å². The van der Waals surface area contributed by atoms with Crippen LogP contribution in [-0.4, -0.2) is 54.9 Å². The lowest BCUT2D eigenvalue weighted by molar-refractivity contribution is 0.0941. The molecule has 10 heteroatoms. The Kier molecular flexibility index (Phi) is 7.34. The zero-order chi connectivity index (χ0) is 22.5. The molecule has 1 aliphatic heterocycles. The van der Waals surface area contributed by atoms with Gasteiger partial charge < -0.3 is 25.4 Å². The lowest BCUT2D eigenvalue weighted by Crippen LogP contribution is -2.49. The molecule has 3 rings (SSSR count). The first kappa shape index (κ1) is 22.8. The third kappa shape index (κ3) is 5.08. The molecule has 0 saturated carbocycles. The van der Waals surface area contributed by atoms with Gasteiger partial charge in [-0.1, -0.05) is 30.3 Å². The minimum absolute atomic E-state index is 0.0390. The molecule has 0 radical (unpaired) electrons. The van der Waals surface area contributed by atoms with Crippen molar-refractivity contribution in [3.63, 3.8) is 0 Å². The fourth-order valence-corrected chi connectivity index (χ4v) is 3.37. The minimum atomic E-state index is -1.54. The van der Waals surface area contributed by atoms with Gasteiger partial charge in [-0.2, -0.15) is 0 Å². The van der Waals surface area contributed by atoms with Crippen molar-refractivity contribution < 1.29 is 32.2 Å². The van der Waals surface area contributed by atoms with E-state index in [-0.39, 0.29) is 32.8 Å². The number of ether oxygens (including phenoxy) is 1. The monoisotopic (exact) mass is 441 g/mol. The number of piperazine rings is 1. The summed E-state index contributed by atoms with van der Waals surface area (Å²) in [7, 11) is 0. The first-order valence-electron chi connectivity index (χ1n) is 9.75. The third-order valence-corrected chi connectivity index (χ3v) is 5.09. The molecule has 0 bridgehead atoms. The Balaban J connectivity index is 1.67. The van der Waals surface area contributed by atoms with E-state index in [9.17, 15) is 22.4 Å². The Bertz CT molecular complexity index is 893. The normalized spacial score (nSPS) is 15.2. The van der Waals surface area contributed by atoms with Gasteiger partial charge in [0, 0.05) is 37.8 Å². The molecule has 1 saturated heterocycles. The number of anilines is 1. The van der Waals surface area contributed by atoms with E-state index in [2.05, 4.69) is 0 Å². The topological polar surface area (TPSA) is 79.0 Å². The first-order valence-corrected chi connectivity index (χ1v) is 9.75. The molecule has 1 amide bonds. The molecule has 31 heavy (non-hydrogen) atoms. The van der Waals surface area contributed by atoms with Gasteiger partial charge >= 0.3 is 6.09 Å². The zero-order valence-corrected chi connectivity index (χ0v) is 16.7. The second-order valence-electron chi connectivity index (χ2n) is 7.24. The van der Waals surface area contributed by atoms with E-state index < -0.39 is 59.7 Å². The van der Waals surface area contributed by atoms with E-state index >= 15 is 0 Å². The zero-order valence-electron chi connectivity index (χ0n) is 16.7. The molecule has 1 aliphatic rings. The Morgan fingerprint density at radius 3 is 2.13 bits per heavy atom. The minimum Gasteiger partial charge on any atom is -0.445 e. The van der Waals surface area contributed by atoms with Crippen molar-refractivity contribution in [1.29, 1.82) is 0 Å². The molecule has 6 nitrogen and oxygen atoms in total. The molecule has 168 valence electrons. The fraction of sp³-hybridized carbons (Fsp3) is 0.381. The molecular weight excluding hydrogens is 418 g/mol. The Morgan fingerprint density at radius 1 is 1.00 bits per heavy atom. The second-order valence-corrected chi connectivity index (χ2v) is 7.24. The van der Waals surface area contributed by atoms with Gasteiger partial charge in [0.25, 0.3) is 0 Å². The number of carbonyl (C=O) groups excluding carboxylic acids is 1. The smallest absolute Gasteiger partial charge is 0.410 e. The average Bonchev–Trinajstić information content (AvgIpc) is 2.80. The maximum absolute atomic E-state index is 14.6. The number of benzene rings is 2.